The Balaban J connectivity index is 1.85. The molecule has 108 valence electrons. The van der Waals surface area contributed by atoms with Crippen LogP contribution in [0.1, 0.15) is 21.5 Å². The summed E-state index contributed by atoms with van der Waals surface area (Å²) in [5.41, 5.74) is 9.69. The molecule has 21 heavy (non-hydrogen) atoms. The van der Waals surface area contributed by atoms with E-state index in [0.717, 1.165) is 27.7 Å². The van der Waals surface area contributed by atoms with Gasteiger partial charge in [-0.1, -0.05) is 23.7 Å². The number of halogens is 2. The molecule has 3 nitrogen and oxygen atoms in total. The van der Waals surface area contributed by atoms with Crippen LogP contribution in [0.5, 0.6) is 0 Å². The molecule has 0 unspecified atom stereocenters. The molecule has 2 aromatic carbocycles. The second kappa shape index (κ2) is 5.70. The van der Waals surface area contributed by atoms with Gasteiger partial charge in [0.2, 0.25) is 0 Å². The third-order valence-electron chi connectivity index (χ3n) is 3.76. The van der Waals surface area contributed by atoms with Gasteiger partial charge in [0.15, 0.2) is 0 Å². The van der Waals surface area contributed by atoms with Crippen LogP contribution in [0.25, 0.3) is 0 Å². The fraction of sp³-hybridized carbons (Fsp3) is 0.188. The Kier molecular flexibility index (Phi) is 3.91. The van der Waals surface area contributed by atoms with E-state index in [1.54, 1.807) is 18.2 Å². The molecular weight excluding hydrogens is 352 g/mol. The molecule has 0 fully saturated rings. The Bertz CT molecular complexity index is 717. The van der Waals surface area contributed by atoms with Gasteiger partial charge in [-0.25, -0.2) is 0 Å². The molecular formula is C16H14BrClN2O. The van der Waals surface area contributed by atoms with Gasteiger partial charge in [-0.05, 0) is 57.7 Å². The van der Waals surface area contributed by atoms with Crippen LogP contribution in [0.15, 0.2) is 40.9 Å². The number of fused-ring (bicyclic) bond motifs is 1. The zero-order valence-corrected chi connectivity index (χ0v) is 13.6. The van der Waals surface area contributed by atoms with E-state index in [0.29, 0.717) is 23.7 Å². The van der Waals surface area contributed by atoms with Gasteiger partial charge < -0.3 is 10.6 Å². The van der Waals surface area contributed by atoms with Crippen molar-refractivity contribution < 1.29 is 4.79 Å². The molecule has 1 aliphatic rings. The van der Waals surface area contributed by atoms with Crippen LogP contribution in [0.4, 0.5) is 5.69 Å². The summed E-state index contributed by atoms with van der Waals surface area (Å²) in [5, 5.41) is 0.544. The number of anilines is 1. The number of rotatable bonds is 1. The lowest BCUT2D eigenvalue weighted by atomic mass is 9.97. The maximum atomic E-state index is 12.6. The summed E-state index contributed by atoms with van der Waals surface area (Å²) >= 11 is 9.40. The highest BCUT2D eigenvalue weighted by atomic mass is 79.9. The second-order valence-corrected chi connectivity index (χ2v) is 6.35. The van der Waals surface area contributed by atoms with Crippen molar-refractivity contribution in [2.45, 2.75) is 13.0 Å². The Labute approximate surface area is 136 Å². The standard InChI is InChI=1S/C16H14BrClN2O/c17-13-5-4-10(8-14(13)18)16(21)20-7-6-12-11(9-20)2-1-3-15(12)19/h1-5,8H,6-7,9,19H2. The first-order chi connectivity index (χ1) is 10.1. The lowest BCUT2D eigenvalue weighted by Crippen LogP contribution is -2.36. The van der Waals surface area contributed by atoms with Crippen LogP contribution in [-0.2, 0) is 13.0 Å². The Morgan fingerprint density at radius 2 is 2.10 bits per heavy atom. The average molecular weight is 366 g/mol. The first-order valence-electron chi connectivity index (χ1n) is 6.67. The molecule has 5 heteroatoms. The predicted molar refractivity (Wildman–Crippen MR) is 88.5 cm³/mol. The molecule has 0 aliphatic carbocycles. The number of carbonyl (C=O) groups excluding carboxylic acids is 1. The fourth-order valence-electron chi connectivity index (χ4n) is 2.62. The first kappa shape index (κ1) is 14.4. The molecule has 0 bridgehead atoms. The Morgan fingerprint density at radius 1 is 1.29 bits per heavy atom. The fourth-order valence-corrected chi connectivity index (χ4v) is 3.05. The number of benzene rings is 2. The van der Waals surface area contributed by atoms with Crippen LogP contribution in [0, 0.1) is 0 Å². The molecule has 0 saturated carbocycles. The molecule has 0 spiro atoms. The average Bonchev–Trinajstić information content (AvgIpc) is 2.49. The lowest BCUT2D eigenvalue weighted by Gasteiger charge is -2.29. The monoisotopic (exact) mass is 364 g/mol. The summed E-state index contributed by atoms with van der Waals surface area (Å²) in [6.45, 7) is 1.26. The SMILES string of the molecule is Nc1cccc2c1CCN(C(=O)c1ccc(Br)c(Cl)c1)C2. The van der Waals surface area contributed by atoms with Crippen molar-refractivity contribution in [3.63, 3.8) is 0 Å². The molecule has 1 amide bonds. The van der Waals surface area contributed by atoms with Gasteiger partial charge in [0.1, 0.15) is 0 Å². The van der Waals surface area contributed by atoms with Gasteiger partial charge in [0, 0.05) is 28.8 Å². The summed E-state index contributed by atoms with van der Waals surface area (Å²) in [4.78, 5) is 14.4. The molecule has 0 aromatic heterocycles. The van der Waals surface area contributed by atoms with E-state index in [9.17, 15) is 4.79 Å². The van der Waals surface area contributed by atoms with Gasteiger partial charge in [0.25, 0.3) is 5.91 Å². The van der Waals surface area contributed by atoms with Gasteiger partial charge in [-0.15, -0.1) is 0 Å². The molecule has 1 aliphatic heterocycles. The molecule has 0 atom stereocenters. The predicted octanol–water partition coefficient (Wildman–Crippen LogP) is 3.88. The van der Waals surface area contributed by atoms with Crippen LogP contribution in [0.3, 0.4) is 0 Å². The number of hydrogen-bond acceptors (Lipinski definition) is 2. The molecule has 3 rings (SSSR count). The van der Waals surface area contributed by atoms with Gasteiger partial charge in [0.05, 0.1) is 5.02 Å². The topological polar surface area (TPSA) is 46.3 Å². The lowest BCUT2D eigenvalue weighted by molar-refractivity contribution is 0.0735. The van der Waals surface area contributed by atoms with E-state index in [1.807, 2.05) is 23.1 Å². The zero-order valence-electron chi connectivity index (χ0n) is 11.3. The maximum absolute atomic E-state index is 12.6. The maximum Gasteiger partial charge on any atom is 0.254 e. The molecule has 2 aromatic rings. The van der Waals surface area contributed by atoms with Crippen molar-refractivity contribution >= 4 is 39.1 Å². The third-order valence-corrected chi connectivity index (χ3v) is 4.99. The quantitative estimate of drug-likeness (QED) is 0.780. The highest BCUT2D eigenvalue weighted by molar-refractivity contribution is 9.10. The third kappa shape index (κ3) is 2.78. The normalized spacial score (nSPS) is 13.9. The van der Waals surface area contributed by atoms with Crippen molar-refractivity contribution in [1.82, 2.24) is 4.90 Å². The van der Waals surface area contributed by atoms with E-state index in [4.69, 9.17) is 17.3 Å². The Morgan fingerprint density at radius 3 is 2.86 bits per heavy atom. The number of carbonyl (C=O) groups is 1. The number of nitrogen functional groups attached to an aromatic ring is 1. The summed E-state index contributed by atoms with van der Waals surface area (Å²) < 4.78 is 0.789. The van der Waals surface area contributed by atoms with Crippen LogP contribution in [-0.4, -0.2) is 17.4 Å². The van der Waals surface area contributed by atoms with Crippen LogP contribution >= 0.6 is 27.5 Å². The Hall–Kier alpha value is -1.52. The van der Waals surface area contributed by atoms with Crippen molar-refractivity contribution in [3.8, 4) is 0 Å². The van der Waals surface area contributed by atoms with E-state index >= 15 is 0 Å². The van der Waals surface area contributed by atoms with Crippen molar-refractivity contribution in [2.24, 2.45) is 0 Å². The van der Waals surface area contributed by atoms with Crippen LogP contribution in [0.2, 0.25) is 5.02 Å². The summed E-state index contributed by atoms with van der Waals surface area (Å²) in [7, 11) is 0. The smallest absolute Gasteiger partial charge is 0.254 e. The zero-order chi connectivity index (χ0) is 15.0. The molecule has 2 N–H and O–H groups in total. The second-order valence-electron chi connectivity index (χ2n) is 5.09. The van der Waals surface area contributed by atoms with E-state index < -0.39 is 0 Å². The van der Waals surface area contributed by atoms with Crippen LogP contribution < -0.4 is 5.73 Å². The minimum Gasteiger partial charge on any atom is -0.398 e. The number of amides is 1. The summed E-state index contributed by atoms with van der Waals surface area (Å²) in [6.07, 6.45) is 0.790. The number of nitrogens with two attached hydrogens (primary N) is 1. The van der Waals surface area contributed by atoms with Gasteiger partial charge >= 0.3 is 0 Å². The molecule has 0 saturated heterocycles. The number of nitrogens with zero attached hydrogens (tertiary/aromatic N) is 1. The number of hydrogen-bond donors (Lipinski definition) is 1. The minimum absolute atomic E-state index is 0.00234. The van der Waals surface area contributed by atoms with E-state index in [1.165, 1.54) is 0 Å². The highest BCUT2D eigenvalue weighted by Crippen LogP contribution is 2.27. The van der Waals surface area contributed by atoms with E-state index in [2.05, 4.69) is 15.9 Å². The first-order valence-corrected chi connectivity index (χ1v) is 7.84. The van der Waals surface area contributed by atoms with E-state index in [-0.39, 0.29) is 5.91 Å². The summed E-state index contributed by atoms with van der Waals surface area (Å²) in [6, 6.07) is 11.1. The minimum atomic E-state index is -0.00234. The van der Waals surface area contributed by atoms with Gasteiger partial charge in [-0.3, -0.25) is 4.79 Å². The van der Waals surface area contributed by atoms with Crippen molar-refractivity contribution in [3.05, 3.63) is 62.6 Å². The highest BCUT2D eigenvalue weighted by Gasteiger charge is 2.23. The summed E-state index contributed by atoms with van der Waals surface area (Å²) in [5.74, 6) is -0.00234. The van der Waals surface area contributed by atoms with Gasteiger partial charge in [-0.2, -0.15) is 0 Å². The molecule has 0 radical (unpaired) electrons. The molecule has 1 heterocycles. The van der Waals surface area contributed by atoms with Crippen molar-refractivity contribution in [1.29, 1.82) is 0 Å². The van der Waals surface area contributed by atoms with Crippen molar-refractivity contribution in [2.75, 3.05) is 12.3 Å². The largest absolute Gasteiger partial charge is 0.398 e.